The maximum Gasteiger partial charge on any atom is 0.262 e. The van der Waals surface area contributed by atoms with E-state index in [-0.39, 0.29) is 12.2 Å². The Morgan fingerprint density at radius 1 is 1.36 bits per heavy atom. The van der Waals surface area contributed by atoms with Gasteiger partial charge >= 0.3 is 0 Å². The van der Waals surface area contributed by atoms with Crippen molar-refractivity contribution < 1.29 is 5.11 Å². The number of benzene rings is 1. The minimum atomic E-state index is -0.156. The Balaban J connectivity index is 2.05. The van der Waals surface area contributed by atoms with Crippen LogP contribution in [0.4, 0.5) is 0 Å². The number of nitrogens with zero attached hydrogens (tertiary/aromatic N) is 3. The first-order valence-electron chi connectivity index (χ1n) is 7.66. The summed E-state index contributed by atoms with van der Waals surface area (Å²) in [4.78, 5) is 16.9. The summed E-state index contributed by atoms with van der Waals surface area (Å²) < 4.78 is 2.20. The Morgan fingerprint density at radius 2 is 2.20 bits per heavy atom. The highest BCUT2D eigenvalue weighted by molar-refractivity contribution is 9.10. The average molecular weight is 399 g/mol. The Morgan fingerprint density at radius 3 is 2.96 bits per heavy atom. The molecule has 0 spiro atoms. The topological polar surface area (TPSA) is 90.4 Å². The van der Waals surface area contributed by atoms with Crippen molar-refractivity contribution in [2.75, 3.05) is 13.2 Å². The molecule has 0 saturated carbocycles. The molecule has 0 bridgehead atoms. The number of halogens is 1. The molecular weight excluding hydrogens is 384 g/mol. The van der Waals surface area contributed by atoms with Gasteiger partial charge in [-0.25, -0.2) is 4.98 Å². The number of fused-ring (bicyclic) bond motifs is 1. The Hall–Kier alpha value is -2.53. The molecule has 126 valence electrons. The monoisotopic (exact) mass is 398 g/mol. The summed E-state index contributed by atoms with van der Waals surface area (Å²) in [6, 6.07) is 11.3. The zero-order valence-corrected chi connectivity index (χ0v) is 14.8. The van der Waals surface area contributed by atoms with E-state index in [1.54, 1.807) is 18.3 Å². The molecule has 7 heteroatoms. The number of aliphatic hydroxyl groups excluding tert-OH is 1. The minimum absolute atomic E-state index is 0.0135. The van der Waals surface area contributed by atoms with E-state index in [1.807, 2.05) is 18.2 Å². The van der Waals surface area contributed by atoms with Gasteiger partial charge in [0.15, 0.2) is 0 Å². The summed E-state index contributed by atoms with van der Waals surface area (Å²) in [5, 5.41) is 21.2. The molecule has 0 amide bonds. The number of nitrogens with one attached hydrogen (secondary N) is 1. The van der Waals surface area contributed by atoms with Gasteiger partial charge in [-0.3, -0.25) is 9.20 Å². The summed E-state index contributed by atoms with van der Waals surface area (Å²) in [5.41, 5.74) is 3.02. The van der Waals surface area contributed by atoms with Crippen molar-refractivity contribution in [2.24, 2.45) is 0 Å². The zero-order chi connectivity index (χ0) is 17.8. The fraction of sp³-hybridized carbons (Fsp3) is 0.167. The van der Waals surface area contributed by atoms with E-state index in [4.69, 9.17) is 5.11 Å². The van der Waals surface area contributed by atoms with Gasteiger partial charge in [-0.2, -0.15) is 5.26 Å². The summed E-state index contributed by atoms with van der Waals surface area (Å²) in [6.45, 7) is 0.780. The van der Waals surface area contributed by atoms with Gasteiger partial charge < -0.3 is 10.4 Å². The number of hydrogen-bond acceptors (Lipinski definition) is 5. The van der Waals surface area contributed by atoms with Gasteiger partial charge in [-0.1, -0.05) is 12.1 Å². The molecule has 2 aromatic heterocycles. The maximum absolute atomic E-state index is 12.5. The summed E-state index contributed by atoms with van der Waals surface area (Å²) in [6.07, 6.45) is 3.20. The highest BCUT2D eigenvalue weighted by atomic mass is 79.9. The van der Waals surface area contributed by atoms with Crippen LogP contribution in [-0.4, -0.2) is 27.6 Å². The third-order valence-corrected chi connectivity index (χ3v) is 4.48. The SMILES string of the molecule is N#Cc1c(Br)cccc1-c1ccn2c(=O)c(CNCCO)cnc2c1. The van der Waals surface area contributed by atoms with Gasteiger partial charge in [0.25, 0.3) is 5.56 Å². The normalized spacial score (nSPS) is 10.8. The van der Waals surface area contributed by atoms with E-state index in [9.17, 15) is 10.1 Å². The van der Waals surface area contributed by atoms with Gasteiger partial charge in [0, 0.05) is 41.1 Å². The van der Waals surface area contributed by atoms with Crippen LogP contribution in [0.2, 0.25) is 0 Å². The fourth-order valence-electron chi connectivity index (χ4n) is 2.58. The van der Waals surface area contributed by atoms with Crippen molar-refractivity contribution in [1.82, 2.24) is 14.7 Å². The molecule has 0 unspecified atom stereocenters. The minimum Gasteiger partial charge on any atom is -0.395 e. The van der Waals surface area contributed by atoms with Crippen LogP contribution in [0.5, 0.6) is 0 Å². The molecule has 3 aromatic rings. The molecule has 0 aliphatic heterocycles. The second kappa shape index (κ2) is 7.57. The van der Waals surface area contributed by atoms with Gasteiger partial charge in [-0.15, -0.1) is 0 Å². The van der Waals surface area contributed by atoms with E-state index >= 15 is 0 Å². The van der Waals surface area contributed by atoms with Gasteiger partial charge in [0.05, 0.1) is 12.2 Å². The second-order valence-electron chi connectivity index (χ2n) is 5.41. The molecule has 0 radical (unpaired) electrons. The van der Waals surface area contributed by atoms with E-state index in [2.05, 4.69) is 32.3 Å². The largest absolute Gasteiger partial charge is 0.395 e. The number of hydrogen-bond donors (Lipinski definition) is 2. The average Bonchev–Trinajstić information content (AvgIpc) is 2.63. The van der Waals surface area contributed by atoms with Crippen LogP contribution in [0.3, 0.4) is 0 Å². The fourth-order valence-corrected chi connectivity index (χ4v) is 3.04. The third kappa shape index (κ3) is 3.46. The molecule has 0 saturated heterocycles. The number of aromatic nitrogens is 2. The molecule has 6 nitrogen and oxygen atoms in total. The Labute approximate surface area is 152 Å². The quantitative estimate of drug-likeness (QED) is 0.642. The van der Waals surface area contributed by atoms with Gasteiger partial charge in [-0.05, 0) is 39.7 Å². The van der Waals surface area contributed by atoms with E-state index in [0.717, 1.165) is 15.6 Å². The lowest BCUT2D eigenvalue weighted by Gasteiger charge is -2.09. The van der Waals surface area contributed by atoms with Crippen molar-refractivity contribution in [3.8, 4) is 17.2 Å². The van der Waals surface area contributed by atoms with E-state index in [1.165, 1.54) is 10.6 Å². The van der Waals surface area contributed by atoms with Crippen LogP contribution < -0.4 is 10.9 Å². The molecule has 2 N–H and O–H groups in total. The van der Waals surface area contributed by atoms with Crippen LogP contribution in [0, 0.1) is 11.3 Å². The molecule has 0 aliphatic rings. The first kappa shape index (κ1) is 17.3. The number of nitriles is 1. The molecular formula is C18H15BrN4O2. The summed E-state index contributed by atoms with van der Waals surface area (Å²) in [5.74, 6) is 0. The van der Waals surface area contributed by atoms with Crippen LogP contribution in [0.25, 0.3) is 16.8 Å². The van der Waals surface area contributed by atoms with Crippen LogP contribution in [0.1, 0.15) is 11.1 Å². The first-order valence-corrected chi connectivity index (χ1v) is 8.46. The molecule has 0 atom stereocenters. The molecule has 2 heterocycles. The van der Waals surface area contributed by atoms with Crippen molar-refractivity contribution in [1.29, 1.82) is 5.26 Å². The van der Waals surface area contributed by atoms with Gasteiger partial charge in [0.1, 0.15) is 11.7 Å². The van der Waals surface area contributed by atoms with Gasteiger partial charge in [0.2, 0.25) is 0 Å². The van der Waals surface area contributed by atoms with Crippen molar-refractivity contribution in [3.05, 3.63) is 68.7 Å². The molecule has 25 heavy (non-hydrogen) atoms. The third-order valence-electron chi connectivity index (χ3n) is 3.82. The number of aliphatic hydroxyl groups is 1. The molecule has 3 rings (SSSR count). The first-order chi connectivity index (χ1) is 12.2. The Bertz CT molecular complexity index is 1020. The summed E-state index contributed by atoms with van der Waals surface area (Å²) >= 11 is 3.39. The second-order valence-corrected chi connectivity index (χ2v) is 6.26. The van der Waals surface area contributed by atoms with E-state index < -0.39 is 0 Å². The lowest BCUT2D eigenvalue weighted by molar-refractivity contribution is 0.292. The predicted octanol–water partition coefficient (Wildman–Crippen LogP) is 2.08. The highest BCUT2D eigenvalue weighted by Gasteiger charge is 2.10. The van der Waals surface area contributed by atoms with Crippen molar-refractivity contribution in [3.63, 3.8) is 0 Å². The lowest BCUT2D eigenvalue weighted by atomic mass is 10.0. The van der Waals surface area contributed by atoms with Crippen LogP contribution in [-0.2, 0) is 6.54 Å². The lowest BCUT2D eigenvalue weighted by Crippen LogP contribution is -2.26. The number of pyridine rings is 1. The van der Waals surface area contributed by atoms with E-state index in [0.29, 0.717) is 29.9 Å². The van der Waals surface area contributed by atoms with Crippen LogP contribution in [0.15, 0.2) is 52.0 Å². The summed E-state index contributed by atoms with van der Waals surface area (Å²) in [7, 11) is 0. The number of rotatable bonds is 5. The smallest absolute Gasteiger partial charge is 0.262 e. The molecule has 0 aliphatic carbocycles. The highest BCUT2D eigenvalue weighted by Crippen LogP contribution is 2.29. The van der Waals surface area contributed by atoms with Crippen LogP contribution >= 0.6 is 15.9 Å². The molecule has 0 fully saturated rings. The standard InChI is InChI=1S/C18H15BrN4O2/c19-16-3-1-2-14(15(16)9-20)12-4-6-23-17(8-12)22-11-13(18(23)25)10-21-5-7-24/h1-4,6,8,11,21,24H,5,7,10H2. The van der Waals surface area contributed by atoms with Crippen molar-refractivity contribution >= 4 is 21.6 Å². The van der Waals surface area contributed by atoms with Crippen molar-refractivity contribution in [2.45, 2.75) is 6.54 Å². The molecule has 1 aromatic carbocycles. The Kier molecular flexibility index (Phi) is 5.24. The predicted molar refractivity (Wildman–Crippen MR) is 98.1 cm³/mol. The zero-order valence-electron chi connectivity index (χ0n) is 13.2. The maximum atomic E-state index is 12.5.